The van der Waals surface area contributed by atoms with E-state index >= 15 is 0 Å². The summed E-state index contributed by atoms with van der Waals surface area (Å²) >= 11 is 0. The summed E-state index contributed by atoms with van der Waals surface area (Å²) in [5, 5.41) is 11.6. The second kappa shape index (κ2) is 7.66. The molecular weight excluding hydrogens is 268 g/mol. The smallest absolute Gasteiger partial charge is 0.317 e. The third-order valence-corrected chi connectivity index (χ3v) is 4.40. The number of nitrogens with one attached hydrogen (secondary N) is 1. The Bertz CT molecular complexity index is 355. The first-order valence-corrected chi connectivity index (χ1v) is 7.97. The monoisotopic (exact) mass is 298 g/mol. The van der Waals surface area contributed by atoms with Crippen LogP contribution in [0.1, 0.15) is 59.8 Å². The van der Waals surface area contributed by atoms with E-state index in [1.807, 2.05) is 11.8 Å². The minimum Gasteiger partial charge on any atom is -0.481 e. The van der Waals surface area contributed by atoms with Crippen LogP contribution in [0.2, 0.25) is 0 Å². The molecule has 2 N–H and O–H groups in total. The maximum atomic E-state index is 12.2. The zero-order valence-corrected chi connectivity index (χ0v) is 13.8. The fourth-order valence-electron chi connectivity index (χ4n) is 2.88. The van der Waals surface area contributed by atoms with Crippen molar-refractivity contribution in [1.29, 1.82) is 0 Å². The number of piperidine rings is 1. The third kappa shape index (κ3) is 6.36. The first-order chi connectivity index (χ1) is 9.70. The van der Waals surface area contributed by atoms with Crippen LogP contribution in [-0.4, -0.2) is 41.1 Å². The Labute approximate surface area is 128 Å². The topological polar surface area (TPSA) is 69.6 Å². The molecule has 0 radical (unpaired) electrons. The molecule has 0 bridgehead atoms. The maximum Gasteiger partial charge on any atom is 0.317 e. The van der Waals surface area contributed by atoms with Gasteiger partial charge in [-0.25, -0.2) is 4.79 Å². The molecule has 1 aliphatic heterocycles. The van der Waals surface area contributed by atoms with Crippen molar-refractivity contribution in [2.45, 2.75) is 65.8 Å². The molecule has 21 heavy (non-hydrogen) atoms. The molecule has 0 saturated carbocycles. The average Bonchev–Trinajstić information content (AvgIpc) is 2.37. The standard InChI is InChI=1S/C16H30N2O3/c1-12(6-5-7-14(19)20)17-15(21)18-10-8-13(9-11-18)16(2,3)4/h12-13H,5-11H2,1-4H3,(H,17,21)(H,19,20). The van der Waals surface area contributed by atoms with Gasteiger partial charge in [-0.1, -0.05) is 20.8 Å². The molecule has 0 aromatic carbocycles. The van der Waals surface area contributed by atoms with Gasteiger partial charge in [0.15, 0.2) is 0 Å². The Morgan fingerprint density at radius 3 is 2.33 bits per heavy atom. The van der Waals surface area contributed by atoms with E-state index in [-0.39, 0.29) is 18.5 Å². The summed E-state index contributed by atoms with van der Waals surface area (Å²) < 4.78 is 0. The van der Waals surface area contributed by atoms with E-state index in [1.54, 1.807) is 0 Å². The molecule has 122 valence electrons. The number of rotatable bonds is 5. The van der Waals surface area contributed by atoms with Gasteiger partial charge in [-0.3, -0.25) is 4.79 Å². The van der Waals surface area contributed by atoms with E-state index in [0.717, 1.165) is 25.9 Å². The Morgan fingerprint density at radius 1 is 1.29 bits per heavy atom. The number of amides is 2. The first-order valence-electron chi connectivity index (χ1n) is 7.97. The minimum absolute atomic E-state index is 0.00909. The average molecular weight is 298 g/mol. The third-order valence-electron chi connectivity index (χ3n) is 4.40. The van der Waals surface area contributed by atoms with Crippen LogP contribution in [0.15, 0.2) is 0 Å². The molecule has 1 aliphatic rings. The Balaban J connectivity index is 2.29. The molecule has 1 saturated heterocycles. The van der Waals surface area contributed by atoms with Gasteiger partial charge in [0.25, 0.3) is 0 Å². The van der Waals surface area contributed by atoms with Gasteiger partial charge >= 0.3 is 12.0 Å². The van der Waals surface area contributed by atoms with Crippen LogP contribution >= 0.6 is 0 Å². The first kappa shape index (κ1) is 17.8. The van der Waals surface area contributed by atoms with Gasteiger partial charge in [0.1, 0.15) is 0 Å². The van der Waals surface area contributed by atoms with E-state index in [4.69, 9.17) is 5.11 Å². The van der Waals surface area contributed by atoms with Crippen LogP contribution in [-0.2, 0) is 4.79 Å². The highest BCUT2D eigenvalue weighted by atomic mass is 16.4. The molecule has 0 aromatic heterocycles. The van der Waals surface area contributed by atoms with Crippen molar-refractivity contribution in [2.24, 2.45) is 11.3 Å². The largest absolute Gasteiger partial charge is 0.481 e. The van der Waals surface area contributed by atoms with Crippen molar-refractivity contribution in [2.75, 3.05) is 13.1 Å². The van der Waals surface area contributed by atoms with Crippen molar-refractivity contribution in [1.82, 2.24) is 10.2 Å². The Kier molecular flexibility index (Phi) is 6.49. The normalized spacial score (nSPS) is 18.4. The van der Waals surface area contributed by atoms with Gasteiger partial charge in [0, 0.05) is 25.6 Å². The van der Waals surface area contributed by atoms with Crippen LogP contribution in [0.5, 0.6) is 0 Å². The van der Waals surface area contributed by atoms with Crippen LogP contribution in [0.25, 0.3) is 0 Å². The number of carboxylic acids is 1. The molecule has 5 heteroatoms. The highest BCUT2D eigenvalue weighted by molar-refractivity contribution is 5.74. The van der Waals surface area contributed by atoms with Crippen LogP contribution < -0.4 is 5.32 Å². The number of likely N-dealkylation sites (tertiary alicyclic amines) is 1. The fourth-order valence-corrected chi connectivity index (χ4v) is 2.88. The lowest BCUT2D eigenvalue weighted by Gasteiger charge is -2.39. The second-order valence-corrected chi connectivity index (χ2v) is 7.26. The van der Waals surface area contributed by atoms with E-state index in [9.17, 15) is 9.59 Å². The zero-order valence-electron chi connectivity index (χ0n) is 13.8. The quantitative estimate of drug-likeness (QED) is 0.819. The summed E-state index contributed by atoms with van der Waals surface area (Å²) in [6.45, 7) is 10.3. The zero-order chi connectivity index (χ0) is 16.0. The number of carbonyl (C=O) groups is 2. The lowest BCUT2D eigenvalue weighted by atomic mass is 9.75. The molecule has 0 spiro atoms. The Hall–Kier alpha value is -1.26. The van der Waals surface area contributed by atoms with E-state index < -0.39 is 5.97 Å². The van der Waals surface area contributed by atoms with Crippen molar-refractivity contribution in [3.8, 4) is 0 Å². The fraction of sp³-hybridized carbons (Fsp3) is 0.875. The molecule has 1 rings (SSSR count). The van der Waals surface area contributed by atoms with Gasteiger partial charge in [-0.05, 0) is 43.9 Å². The Morgan fingerprint density at radius 2 is 1.86 bits per heavy atom. The molecule has 5 nitrogen and oxygen atoms in total. The molecule has 1 atom stereocenters. The highest BCUT2D eigenvalue weighted by Crippen LogP contribution is 2.34. The summed E-state index contributed by atoms with van der Waals surface area (Å²) in [5.74, 6) is -0.104. The van der Waals surface area contributed by atoms with Crippen LogP contribution in [0, 0.1) is 11.3 Å². The number of nitrogens with zero attached hydrogens (tertiary/aromatic N) is 1. The lowest BCUT2D eigenvalue weighted by molar-refractivity contribution is -0.137. The predicted octanol–water partition coefficient (Wildman–Crippen LogP) is 3.10. The molecular formula is C16H30N2O3. The second-order valence-electron chi connectivity index (χ2n) is 7.26. The van der Waals surface area contributed by atoms with Gasteiger partial charge < -0.3 is 15.3 Å². The molecule has 0 aliphatic carbocycles. The van der Waals surface area contributed by atoms with Crippen molar-refractivity contribution < 1.29 is 14.7 Å². The molecule has 0 aromatic rings. The number of carbonyl (C=O) groups excluding carboxylic acids is 1. The van der Waals surface area contributed by atoms with Crippen LogP contribution in [0.3, 0.4) is 0 Å². The van der Waals surface area contributed by atoms with Gasteiger partial charge in [0.2, 0.25) is 0 Å². The number of carboxylic acid groups (broad SMARTS) is 1. The summed E-state index contributed by atoms with van der Waals surface area (Å²) in [7, 11) is 0. The summed E-state index contributed by atoms with van der Waals surface area (Å²) in [6.07, 6.45) is 3.59. The minimum atomic E-state index is -0.780. The van der Waals surface area contributed by atoms with Gasteiger partial charge in [0.05, 0.1) is 0 Å². The van der Waals surface area contributed by atoms with Gasteiger partial charge in [-0.15, -0.1) is 0 Å². The SMILES string of the molecule is CC(CCCC(=O)O)NC(=O)N1CCC(C(C)(C)C)CC1. The maximum absolute atomic E-state index is 12.2. The molecule has 1 heterocycles. The number of aliphatic carboxylic acids is 1. The molecule has 2 amide bonds. The molecule has 1 unspecified atom stereocenters. The molecule has 1 fully saturated rings. The van der Waals surface area contributed by atoms with Gasteiger partial charge in [-0.2, -0.15) is 0 Å². The summed E-state index contributed by atoms with van der Waals surface area (Å²) in [4.78, 5) is 24.5. The number of hydrogen-bond acceptors (Lipinski definition) is 2. The van der Waals surface area contributed by atoms with Crippen LogP contribution in [0.4, 0.5) is 4.79 Å². The van der Waals surface area contributed by atoms with Crippen molar-refractivity contribution >= 4 is 12.0 Å². The van der Waals surface area contributed by atoms with Crippen molar-refractivity contribution in [3.63, 3.8) is 0 Å². The lowest BCUT2D eigenvalue weighted by Crippen LogP contribution is -2.48. The number of urea groups is 1. The predicted molar refractivity (Wildman–Crippen MR) is 83.2 cm³/mol. The van der Waals surface area contributed by atoms with E-state index in [2.05, 4.69) is 26.1 Å². The van der Waals surface area contributed by atoms with Crippen molar-refractivity contribution in [3.05, 3.63) is 0 Å². The van der Waals surface area contributed by atoms with E-state index in [1.165, 1.54) is 0 Å². The highest BCUT2D eigenvalue weighted by Gasteiger charge is 2.30. The van der Waals surface area contributed by atoms with E-state index in [0.29, 0.717) is 24.2 Å². The summed E-state index contributed by atoms with van der Waals surface area (Å²) in [6, 6.07) is 0.0161. The number of hydrogen-bond donors (Lipinski definition) is 2. The summed E-state index contributed by atoms with van der Waals surface area (Å²) in [5.41, 5.74) is 0.312.